The van der Waals surface area contributed by atoms with E-state index in [4.69, 9.17) is 28.1 Å². The van der Waals surface area contributed by atoms with Crippen molar-refractivity contribution in [1.29, 1.82) is 0 Å². The number of phosphoric ester groups is 1. The number of alkyl halides is 2. The van der Waals surface area contributed by atoms with Gasteiger partial charge in [0.15, 0.2) is 0 Å². The summed E-state index contributed by atoms with van der Waals surface area (Å²) >= 11 is 11.4. The molecule has 6 nitrogen and oxygen atoms in total. The first kappa shape index (κ1) is 17.2. The average molecular weight is 333 g/mol. The van der Waals surface area contributed by atoms with Gasteiger partial charge in [-0.05, 0) is 13.3 Å². The molecule has 0 rings (SSSR count). The zero-order valence-corrected chi connectivity index (χ0v) is 13.3. The lowest BCUT2D eigenvalue weighted by Crippen LogP contribution is -2.14. The van der Waals surface area contributed by atoms with Crippen molar-refractivity contribution in [3.63, 3.8) is 0 Å². The third kappa shape index (κ3) is 3.83. The first-order chi connectivity index (χ1) is 6.77. The molecule has 0 aliphatic carbocycles. The monoisotopic (exact) mass is 332 g/mol. The summed E-state index contributed by atoms with van der Waals surface area (Å²) in [5.74, 6) is 0. The van der Waals surface area contributed by atoms with Gasteiger partial charge < -0.3 is 9.46 Å². The van der Waals surface area contributed by atoms with E-state index in [1.807, 2.05) is 0 Å². The summed E-state index contributed by atoms with van der Waals surface area (Å²) in [6.45, 7) is 3.32. The first-order valence-corrected chi connectivity index (χ1v) is 10.8. The zero-order chi connectivity index (χ0) is 13.4. The highest BCUT2D eigenvalue weighted by Gasteiger charge is 2.55. The van der Waals surface area contributed by atoms with Crippen LogP contribution in [0.25, 0.3) is 0 Å². The van der Waals surface area contributed by atoms with Crippen LogP contribution in [0.4, 0.5) is 0 Å². The molecule has 1 N–H and O–H groups in total. The highest BCUT2D eigenvalue weighted by molar-refractivity contribution is 7.87. The molecule has 0 fully saturated rings. The Labute approximate surface area is 104 Å². The largest absolute Gasteiger partial charge is 0.477 e. The number of halogens is 2. The van der Waals surface area contributed by atoms with E-state index in [-0.39, 0.29) is 0 Å². The Hall–Kier alpha value is 1.15. The van der Waals surface area contributed by atoms with Crippen LogP contribution in [0.15, 0.2) is 0 Å². The Morgan fingerprint density at radius 1 is 1.12 bits per heavy atom. The molecular weight excluding hydrogens is 320 g/mol. The molecule has 0 amide bonds. The van der Waals surface area contributed by atoms with Crippen molar-refractivity contribution < 1.29 is 27.4 Å². The fourth-order valence-corrected chi connectivity index (χ4v) is 7.34. The summed E-state index contributed by atoms with van der Waals surface area (Å²) in [6.07, 6.45) is 0. The lowest BCUT2D eigenvalue weighted by atomic mass is 11.8. The first-order valence-electron chi connectivity index (χ1n) is 3.87. The molecule has 11 heteroatoms. The minimum Gasteiger partial charge on any atom is -0.320 e. The van der Waals surface area contributed by atoms with Crippen LogP contribution in [0, 0.1) is 0 Å². The van der Waals surface area contributed by atoms with Crippen molar-refractivity contribution in [2.75, 3.05) is 27.1 Å². The van der Waals surface area contributed by atoms with Gasteiger partial charge in [-0.3, -0.25) is 9.09 Å². The fraction of sp³-hybridized carbons (Fsp3) is 1.00. The third-order valence-corrected chi connectivity index (χ3v) is 13.3. The van der Waals surface area contributed by atoms with Crippen molar-refractivity contribution in [1.82, 2.24) is 0 Å². The molecule has 2 atom stereocenters. The number of hydrogen-bond donors (Lipinski definition) is 1. The number of rotatable bonds is 5. The van der Waals surface area contributed by atoms with Gasteiger partial charge in [0.05, 0.1) is 0 Å². The summed E-state index contributed by atoms with van der Waals surface area (Å²) in [5.41, 5.74) is 0. The molecule has 16 heavy (non-hydrogen) atoms. The molecule has 98 valence electrons. The molecule has 0 spiro atoms. The summed E-state index contributed by atoms with van der Waals surface area (Å²) < 4.78 is 41.0. The molecule has 0 bridgehead atoms. The van der Waals surface area contributed by atoms with Gasteiger partial charge in [-0.1, -0.05) is 23.2 Å². The van der Waals surface area contributed by atoms with Gasteiger partial charge in [-0.25, -0.2) is 8.88 Å². The summed E-state index contributed by atoms with van der Waals surface area (Å²) in [4.78, 5) is 9.02. The SMILES string of the molecule is COP(=O)(O)OP(C)(=O)C(Cl)(Cl)P(C)(C)=O. The average Bonchev–Trinajstić information content (AvgIpc) is 2.00. The molecule has 0 saturated carbocycles. The minimum atomic E-state index is -4.51. The summed E-state index contributed by atoms with van der Waals surface area (Å²) in [5, 5.41) is 0. The number of phosphoric acid groups is 1. The quantitative estimate of drug-likeness (QED) is 0.613. The molecule has 0 aliphatic heterocycles. The molecule has 0 aromatic heterocycles. The Kier molecular flexibility index (Phi) is 5.39. The van der Waals surface area contributed by atoms with Crippen molar-refractivity contribution in [2.24, 2.45) is 0 Å². The van der Waals surface area contributed by atoms with Crippen LogP contribution < -0.4 is 0 Å². The topological polar surface area (TPSA) is 89.9 Å². The molecule has 0 aromatic carbocycles. The van der Waals surface area contributed by atoms with Crippen molar-refractivity contribution >= 4 is 45.5 Å². The predicted octanol–water partition coefficient (Wildman–Crippen LogP) is 3.37. The molecule has 0 saturated heterocycles. The Bertz CT molecular complexity index is 401. The second kappa shape index (κ2) is 5.03. The predicted molar refractivity (Wildman–Crippen MR) is 65.3 cm³/mol. The van der Waals surface area contributed by atoms with Crippen LogP contribution in [-0.2, 0) is 22.5 Å². The highest BCUT2D eigenvalue weighted by atomic mass is 35.5. The van der Waals surface area contributed by atoms with Crippen LogP contribution >= 0.6 is 45.5 Å². The van der Waals surface area contributed by atoms with Crippen LogP contribution in [0.1, 0.15) is 0 Å². The van der Waals surface area contributed by atoms with Crippen LogP contribution in [0.5, 0.6) is 0 Å². The lowest BCUT2D eigenvalue weighted by molar-refractivity contribution is 0.244. The van der Waals surface area contributed by atoms with E-state index in [1.165, 1.54) is 13.3 Å². The second-order valence-corrected chi connectivity index (χ2v) is 13.9. The zero-order valence-electron chi connectivity index (χ0n) is 9.09. The van der Waals surface area contributed by atoms with E-state index in [2.05, 4.69) is 8.83 Å². The lowest BCUT2D eigenvalue weighted by Gasteiger charge is -2.30. The van der Waals surface area contributed by atoms with Gasteiger partial charge in [0, 0.05) is 13.8 Å². The smallest absolute Gasteiger partial charge is 0.320 e. The Balaban J connectivity index is 5.32. The van der Waals surface area contributed by atoms with E-state index in [1.54, 1.807) is 0 Å². The maximum absolute atomic E-state index is 12.0. The normalized spacial score (nSPS) is 21.2. The highest BCUT2D eigenvalue weighted by Crippen LogP contribution is 2.80. The Morgan fingerprint density at radius 2 is 1.50 bits per heavy atom. The Morgan fingerprint density at radius 3 is 1.75 bits per heavy atom. The van der Waals surface area contributed by atoms with E-state index in [9.17, 15) is 13.7 Å². The van der Waals surface area contributed by atoms with Gasteiger partial charge in [0.25, 0.3) is 7.37 Å². The van der Waals surface area contributed by atoms with E-state index in [0.717, 1.165) is 13.8 Å². The molecule has 0 heterocycles. The maximum atomic E-state index is 12.0. The van der Waals surface area contributed by atoms with Crippen molar-refractivity contribution in [3.8, 4) is 0 Å². The number of hydrogen-bond acceptors (Lipinski definition) is 5. The van der Waals surface area contributed by atoms with E-state index in [0.29, 0.717) is 0 Å². The van der Waals surface area contributed by atoms with Gasteiger partial charge in [0.2, 0.25) is 3.82 Å². The van der Waals surface area contributed by atoms with Crippen molar-refractivity contribution in [3.05, 3.63) is 0 Å². The van der Waals surface area contributed by atoms with Crippen LogP contribution in [-0.4, -0.2) is 35.8 Å². The molecular formula is C5H13Cl2O6P3. The minimum absolute atomic E-state index is 0.891. The molecule has 0 aromatic rings. The van der Waals surface area contributed by atoms with Gasteiger partial charge in [0.1, 0.15) is 7.14 Å². The molecule has 0 aliphatic rings. The van der Waals surface area contributed by atoms with E-state index < -0.39 is 26.1 Å². The van der Waals surface area contributed by atoms with Crippen LogP contribution in [0.2, 0.25) is 0 Å². The second-order valence-electron chi connectivity index (χ2n) is 3.44. The van der Waals surface area contributed by atoms with Crippen molar-refractivity contribution in [2.45, 2.75) is 3.82 Å². The standard InChI is InChI=1S/C5H13Cl2O6P3/c1-12-16(10,11)13-15(4,9)5(6,7)14(2,3)8/h1-4H3,(H,10,11). The van der Waals surface area contributed by atoms with E-state index >= 15 is 0 Å². The summed E-state index contributed by atoms with van der Waals surface area (Å²) in [6, 6.07) is 0. The van der Waals surface area contributed by atoms with Gasteiger partial charge in [-0.15, -0.1) is 0 Å². The van der Waals surface area contributed by atoms with Gasteiger partial charge in [-0.2, -0.15) is 0 Å². The van der Waals surface area contributed by atoms with Crippen LogP contribution in [0.3, 0.4) is 0 Å². The molecule has 0 radical (unpaired) electrons. The summed E-state index contributed by atoms with van der Waals surface area (Å²) in [7, 11) is -10.9. The third-order valence-electron chi connectivity index (χ3n) is 1.63. The maximum Gasteiger partial charge on any atom is 0.477 e. The molecule has 2 unspecified atom stereocenters. The fourth-order valence-electron chi connectivity index (χ4n) is 0.717. The van der Waals surface area contributed by atoms with Gasteiger partial charge >= 0.3 is 7.82 Å².